The zero-order valence-corrected chi connectivity index (χ0v) is 17.5. The molecule has 0 aromatic heterocycles. The van der Waals surface area contributed by atoms with Crippen molar-refractivity contribution < 1.29 is 34.1 Å². The van der Waals surface area contributed by atoms with E-state index in [4.69, 9.17) is 4.74 Å². The topological polar surface area (TPSA) is 133 Å². The number of ether oxygens (including phenoxy) is 1. The van der Waals surface area contributed by atoms with Gasteiger partial charge in [0.2, 0.25) is 11.4 Å². The number of amides is 1. The third-order valence-electron chi connectivity index (χ3n) is 4.35. The maximum absolute atomic E-state index is 13.2. The van der Waals surface area contributed by atoms with Gasteiger partial charge in [-0.25, -0.2) is 4.79 Å². The second-order valence-electron chi connectivity index (χ2n) is 7.92. The molecule has 0 aliphatic heterocycles. The van der Waals surface area contributed by atoms with Crippen LogP contribution in [0, 0.1) is 0 Å². The molecule has 0 unspecified atom stereocenters. The number of aliphatic hydroxyl groups excluding tert-OH is 1. The van der Waals surface area contributed by atoms with Crippen molar-refractivity contribution in [3.05, 3.63) is 0 Å². The Morgan fingerprint density at radius 1 is 1.04 bits per heavy atom. The SMILES string of the molecule is CN[C@@H](C)C(=O)[C@](C)(C(=O)[C@](C)(O)C(=O)OC(C)(C)C)N(C)C(=O)[C@@H](C)O. The first kappa shape index (κ1) is 25.2. The molecule has 0 aliphatic carbocycles. The zero-order chi connectivity index (χ0) is 22.0. The van der Waals surface area contributed by atoms with E-state index in [2.05, 4.69) is 5.32 Å². The summed E-state index contributed by atoms with van der Waals surface area (Å²) in [4.78, 5) is 51.5. The summed E-state index contributed by atoms with van der Waals surface area (Å²) in [6, 6.07) is -0.877. The van der Waals surface area contributed by atoms with Gasteiger partial charge in [0.1, 0.15) is 11.7 Å². The molecule has 0 saturated carbocycles. The van der Waals surface area contributed by atoms with E-state index in [1.165, 1.54) is 20.9 Å². The van der Waals surface area contributed by atoms with Crippen LogP contribution in [-0.4, -0.2) is 81.5 Å². The number of hydrogen-bond donors (Lipinski definition) is 3. The molecule has 0 aromatic rings. The van der Waals surface area contributed by atoms with Gasteiger partial charge in [0.05, 0.1) is 6.04 Å². The minimum absolute atomic E-state index is 0.745. The molecule has 0 radical (unpaired) electrons. The van der Waals surface area contributed by atoms with Crippen molar-refractivity contribution >= 4 is 23.4 Å². The average Bonchev–Trinajstić information content (AvgIpc) is 2.55. The largest absolute Gasteiger partial charge is 0.457 e. The van der Waals surface area contributed by atoms with Crippen LogP contribution >= 0.6 is 0 Å². The fourth-order valence-electron chi connectivity index (χ4n) is 2.43. The second kappa shape index (κ2) is 8.45. The third kappa shape index (κ3) is 5.33. The van der Waals surface area contributed by atoms with Crippen LogP contribution in [-0.2, 0) is 23.9 Å². The van der Waals surface area contributed by atoms with E-state index < -0.39 is 52.3 Å². The van der Waals surface area contributed by atoms with Gasteiger partial charge < -0.3 is 25.2 Å². The molecular formula is C18H32N2O7. The quantitative estimate of drug-likeness (QED) is 0.372. The summed E-state index contributed by atoms with van der Waals surface area (Å²) in [6.45, 7) is 9.37. The summed E-state index contributed by atoms with van der Waals surface area (Å²) >= 11 is 0. The van der Waals surface area contributed by atoms with Crippen molar-refractivity contribution in [1.29, 1.82) is 0 Å². The number of carbonyl (C=O) groups is 4. The van der Waals surface area contributed by atoms with Crippen LogP contribution in [0.1, 0.15) is 48.5 Å². The molecule has 9 nitrogen and oxygen atoms in total. The molecule has 0 heterocycles. The van der Waals surface area contributed by atoms with E-state index in [0.29, 0.717) is 0 Å². The minimum atomic E-state index is -2.70. The smallest absolute Gasteiger partial charge is 0.346 e. The van der Waals surface area contributed by atoms with E-state index in [1.807, 2.05) is 0 Å². The minimum Gasteiger partial charge on any atom is -0.457 e. The lowest BCUT2D eigenvalue weighted by Crippen LogP contribution is -2.69. The van der Waals surface area contributed by atoms with Crippen molar-refractivity contribution in [3.63, 3.8) is 0 Å². The van der Waals surface area contributed by atoms with E-state index in [1.54, 1.807) is 20.8 Å². The number of likely N-dealkylation sites (N-methyl/N-ethyl adjacent to an activating group) is 2. The van der Waals surface area contributed by atoms with Crippen LogP contribution in [0.2, 0.25) is 0 Å². The van der Waals surface area contributed by atoms with E-state index in [0.717, 1.165) is 25.8 Å². The first-order valence-corrected chi connectivity index (χ1v) is 8.62. The lowest BCUT2D eigenvalue weighted by molar-refractivity contribution is -0.183. The molecule has 9 heteroatoms. The van der Waals surface area contributed by atoms with Gasteiger partial charge in [0, 0.05) is 7.05 Å². The molecule has 0 saturated heterocycles. The number of carbonyl (C=O) groups excluding carboxylic acids is 4. The number of hydrogen-bond acceptors (Lipinski definition) is 8. The highest BCUT2D eigenvalue weighted by atomic mass is 16.6. The van der Waals surface area contributed by atoms with Gasteiger partial charge in [-0.3, -0.25) is 14.4 Å². The number of esters is 1. The van der Waals surface area contributed by atoms with E-state index in [9.17, 15) is 29.4 Å². The molecule has 1 amide bonds. The number of nitrogens with one attached hydrogen (secondary N) is 1. The molecule has 0 aliphatic rings. The van der Waals surface area contributed by atoms with Crippen molar-refractivity contribution in [3.8, 4) is 0 Å². The van der Waals surface area contributed by atoms with Gasteiger partial charge in [-0.15, -0.1) is 0 Å². The van der Waals surface area contributed by atoms with Gasteiger partial charge in [-0.1, -0.05) is 0 Å². The molecule has 3 N–H and O–H groups in total. The van der Waals surface area contributed by atoms with Crippen LogP contribution in [0.3, 0.4) is 0 Å². The lowest BCUT2D eigenvalue weighted by Gasteiger charge is -2.41. The van der Waals surface area contributed by atoms with Gasteiger partial charge in [-0.2, -0.15) is 0 Å². The molecular weight excluding hydrogens is 356 g/mol. The molecule has 0 rings (SSSR count). The van der Waals surface area contributed by atoms with Gasteiger partial charge in [-0.05, 0) is 55.5 Å². The summed E-state index contributed by atoms with van der Waals surface area (Å²) < 4.78 is 5.08. The van der Waals surface area contributed by atoms with Crippen LogP contribution in [0.15, 0.2) is 0 Å². The predicted molar refractivity (Wildman–Crippen MR) is 97.9 cm³/mol. The molecule has 156 valence electrons. The van der Waals surface area contributed by atoms with Crippen molar-refractivity contribution in [2.75, 3.05) is 14.1 Å². The number of ketones is 2. The van der Waals surface area contributed by atoms with Gasteiger partial charge >= 0.3 is 5.97 Å². The monoisotopic (exact) mass is 388 g/mol. The van der Waals surface area contributed by atoms with Crippen molar-refractivity contribution in [2.45, 2.75) is 77.4 Å². The Morgan fingerprint density at radius 2 is 1.48 bits per heavy atom. The van der Waals surface area contributed by atoms with Crippen molar-refractivity contribution in [1.82, 2.24) is 10.2 Å². The van der Waals surface area contributed by atoms with Gasteiger partial charge in [0.25, 0.3) is 5.91 Å². The third-order valence-corrected chi connectivity index (χ3v) is 4.35. The van der Waals surface area contributed by atoms with E-state index >= 15 is 0 Å². The highest BCUT2D eigenvalue weighted by Crippen LogP contribution is 2.27. The Bertz CT molecular complexity index is 607. The number of rotatable bonds is 8. The summed E-state index contributed by atoms with van der Waals surface area (Å²) in [5, 5.41) is 22.9. The second-order valence-corrected chi connectivity index (χ2v) is 7.92. The maximum atomic E-state index is 13.2. The van der Waals surface area contributed by atoms with Crippen LogP contribution in [0.5, 0.6) is 0 Å². The Hall–Kier alpha value is -1.84. The Labute approximate surface area is 160 Å². The summed E-state index contributed by atoms with van der Waals surface area (Å²) in [7, 11) is 2.63. The first-order chi connectivity index (χ1) is 11.9. The lowest BCUT2D eigenvalue weighted by atomic mass is 9.78. The Balaban J connectivity index is 6.29. The molecule has 0 aromatic carbocycles. The Morgan fingerprint density at radius 3 is 1.81 bits per heavy atom. The molecule has 0 fully saturated rings. The fourth-order valence-corrected chi connectivity index (χ4v) is 2.43. The number of aliphatic hydroxyl groups is 2. The first-order valence-electron chi connectivity index (χ1n) is 8.62. The molecule has 4 atom stereocenters. The normalized spacial score (nSPS) is 18.5. The summed E-state index contributed by atoms with van der Waals surface area (Å²) in [5.74, 6) is -4.14. The highest BCUT2D eigenvalue weighted by molar-refractivity contribution is 6.23. The standard InChI is InChI=1S/C18H32N2O7/c1-10(19-8)12(22)17(6,20(9)13(23)11(2)21)14(24)18(7,26)15(25)27-16(3,4)5/h10-11,19,21,26H,1-9H3/t10-,11+,17+,18-/m0/s1. The van der Waals surface area contributed by atoms with Gasteiger partial charge in [0.15, 0.2) is 11.3 Å². The molecule has 0 bridgehead atoms. The van der Waals surface area contributed by atoms with Crippen molar-refractivity contribution in [2.24, 2.45) is 0 Å². The number of nitrogens with zero attached hydrogens (tertiary/aromatic N) is 1. The van der Waals surface area contributed by atoms with Crippen LogP contribution < -0.4 is 5.32 Å². The average molecular weight is 388 g/mol. The Kier molecular flexibility index (Phi) is 7.87. The summed E-state index contributed by atoms with van der Waals surface area (Å²) in [6.07, 6.45) is -1.49. The molecule has 27 heavy (non-hydrogen) atoms. The predicted octanol–water partition coefficient (Wildman–Crippen LogP) is -0.577. The van der Waals surface area contributed by atoms with E-state index in [-0.39, 0.29) is 0 Å². The number of Topliss-reactive ketones (excluding diaryl/α,β-unsaturated/α-hetero) is 2. The summed E-state index contributed by atoms with van der Waals surface area (Å²) in [5.41, 5.74) is -5.91. The highest BCUT2D eigenvalue weighted by Gasteiger charge is 2.58. The maximum Gasteiger partial charge on any atom is 0.346 e. The zero-order valence-electron chi connectivity index (χ0n) is 17.5. The van der Waals surface area contributed by atoms with Crippen LogP contribution in [0.25, 0.3) is 0 Å². The fraction of sp³-hybridized carbons (Fsp3) is 0.778. The molecule has 0 spiro atoms. The van der Waals surface area contributed by atoms with Crippen LogP contribution in [0.4, 0.5) is 0 Å².